The fraction of sp³-hybridized carbons (Fsp3) is 0.818. The number of hydrogen-bond acceptors (Lipinski definition) is 6. The zero-order valence-corrected chi connectivity index (χ0v) is 11.1. The van der Waals surface area contributed by atoms with Crippen LogP contribution >= 0.6 is 0 Å². The molecule has 0 aromatic heterocycles. The van der Waals surface area contributed by atoms with Crippen LogP contribution in [0.1, 0.15) is 13.8 Å². The summed E-state index contributed by atoms with van der Waals surface area (Å²) in [6.45, 7) is 5.65. The van der Waals surface area contributed by atoms with Crippen LogP contribution in [0.15, 0.2) is 0 Å². The third-order valence-electron chi connectivity index (χ3n) is 2.04. The summed E-state index contributed by atoms with van der Waals surface area (Å²) in [6.07, 6.45) is 0. The van der Waals surface area contributed by atoms with E-state index in [0.717, 1.165) is 6.67 Å². The van der Waals surface area contributed by atoms with Gasteiger partial charge in [0.05, 0.1) is 6.67 Å². The van der Waals surface area contributed by atoms with Crippen molar-refractivity contribution in [2.45, 2.75) is 13.8 Å². The Morgan fingerprint density at radius 3 is 1.53 bits per heavy atom. The minimum Gasteiger partial charge on any atom is -0.465 e. The highest BCUT2D eigenvalue weighted by Gasteiger charge is 2.04. The molecule has 17 heavy (non-hydrogen) atoms. The second-order valence-electron chi connectivity index (χ2n) is 3.98. The number of carbonyl (C=O) groups excluding carboxylic acids is 2. The van der Waals surface area contributed by atoms with Gasteiger partial charge in [0.1, 0.15) is 13.2 Å². The van der Waals surface area contributed by atoms with Gasteiger partial charge in [-0.3, -0.25) is 19.4 Å². The molecule has 0 aromatic carbocycles. The Hall–Kier alpha value is -1.14. The van der Waals surface area contributed by atoms with Crippen molar-refractivity contribution in [3.05, 3.63) is 0 Å². The Kier molecular flexibility index (Phi) is 8.35. The third kappa shape index (κ3) is 11.1. The molecule has 0 N–H and O–H groups in total. The molecule has 0 atom stereocenters. The minimum atomic E-state index is -0.262. The van der Waals surface area contributed by atoms with E-state index in [4.69, 9.17) is 9.47 Å². The standard InChI is InChI=1S/C11H22N2O4/c1-10(14)16-7-5-12(3)9-13(4)6-8-17-11(2)15/h5-9H2,1-4H3. The summed E-state index contributed by atoms with van der Waals surface area (Å²) in [4.78, 5) is 25.2. The molecule has 0 amide bonds. The van der Waals surface area contributed by atoms with E-state index in [2.05, 4.69) is 0 Å². The molecule has 6 nitrogen and oxygen atoms in total. The van der Waals surface area contributed by atoms with Crippen LogP contribution in [0.2, 0.25) is 0 Å². The van der Waals surface area contributed by atoms with Gasteiger partial charge in [0.15, 0.2) is 0 Å². The summed E-state index contributed by atoms with van der Waals surface area (Å²) in [5, 5.41) is 0. The van der Waals surface area contributed by atoms with E-state index in [1.165, 1.54) is 13.8 Å². The predicted molar refractivity (Wildman–Crippen MR) is 63.4 cm³/mol. The molecule has 100 valence electrons. The number of rotatable bonds is 8. The fourth-order valence-electron chi connectivity index (χ4n) is 1.24. The van der Waals surface area contributed by atoms with Crippen molar-refractivity contribution in [1.29, 1.82) is 0 Å². The van der Waals surface area contributed by atoms with Gasteiger partial charge in [-0.25, -0.2) is 0 Å². The smallest absolute Gasteiger partial charge is 0.302 e. The van der Waals surface area contributed by atoms with Crippen molar-refractivity contribution in [2.75, 3.05) is 47.1 Å². The molecule has 0 aliphatic rings. The lowest BCUT2D eigenvalue weighted by Crippen LogP contribution is -2.36. The van der Waals surface area contributed by atoms with Crippen LogP contribution in [0.4, 0.5) is 0 Å². The zero-order valence-electron chi connectivity index (χ0n) is 11.1. The lowest BCUT2D eigenvalue weighted by atomic mass is 10.5. The summed E-state index contributed by atoms with van der Waals surface area (Å²) in [5.74, 6) is -0.525. The van der Waals surface area contributed by atoms with Crippen molar-refractivity contribution >= 4 is 11.9 Å². The zero-order chi connectivity index (χ0) is 13.3. The molecule has 0 aliphatic carbocycles. The van der Waals surface area contributed by atoms with Crippen molar-refractivity contribution in [3.8, 4) is 0 Å². The van der Waals surface area contributed by atoms with Gasteiger partial charge < -0.3 is 9.47 Å². The number of ether oxygens (including phenoxy) is 2. The summed E-state index contributed by atoms with van der Waals surface area (Å²) in [5.41, 5.74) is 0. The molecule has 0 unspecified atom stereocenters. The van der Waals surface area contributed by atoms with Gasteiger partial charge in [0, 0.05) is 26.9 Å². The van der Waals surface area contributed by atoms with Gasteiger partial charge in [-0.1, -0.05) is 0 Å². The highest BCUT2D eigenvalue weighted by Crippen LogP contribution is 1.90. The molecule has 0 fully saturated rings. The predicted octanol–water partition coefficient (Wildman–Crippen LogP) is -0.0663. The van der Waals surface area contributed by atoms with E-state index < -0.39 is 0 Å². The quantitative estimate of drug-likeness (QED) is 0.441. The molecular formula is C11H22N2O4. The summed E-state index contributed by atoms with van der Waals surface area (Å²) in [7, 11) is 3.87. The molecule has 0 saturated heterocycles. The average molecular weight is 246 g/mol. The van der Waals surface area contributed by atoms with Crippen LogP contribution < -0.4 is 0 Å². The first-order valence-corrected chi connectivity index (χ1v) is 5.55. The maximum absolute atomic E-state index is 10.6. The Bertz CT molecular complexity index is 222. The van der Waals surface area contributed by atoms with E-state index in [0.29, 0.717) is 26.3 Å². The van der Waals surface area contributed by atoms with Gasteiger partial charge in [0.2, 0.25) is 0 Å². The Balaban J connectivity index is 3.54. The van der Waals surface area contributed by atoms with E-state index in [9.17, 15) is 9.59 Å². The van der Waals surface area contributed by atoms with Gasteiger partial charge in [0.25, 0.3) is 0 Å². The molecule has 0 saturated carbocycles. The van der Waals surface area contributed by atoms with Crippen LogP contribution in [0.5, 0.6) is 0 Å². The Morgan fingerprint density at radius 2 is 1.24 bits per heavy atom. The van der Waals surface area contributed by atoms with E-state index in [-0.39, 0.29) is 11.9 Å². The molecule has 0 aliphatic heterocycles. The van der Waals surface area contributed by atoms with E-state index in [1.54, 1.807) is 0 Å². The molecule has 0 rings (SSSR count). The van der Waals surface area contributed by atoms with Crippen LogP contribution in [-0.2, 0) is 19.1 Å². The molecule has 0 heterocycles. The molecule has 0 spiro atoms. The Morgan fingerprint density at radius 1 is 0.882 bits per heavy atom. The van der Waals surface area contributed by atoms with Crippen molar-refractivity contribution in [2.24, 2.45) is 0 Å². The molecule has 0 aromatic rings. The topological polar surface area (TPSA) is 59.1 Å². The van der Waals surface area contributed by atoms with Crippen LogP contribution in [0, 0.1) is 0 Å². The van der Waals surface area contributed by atoms with Gasteiger partial charge in [-0.2, -0.15) is 0 Å². The monoisotopic (exact) mass is 246 g/mol. The minimum absolute atomic E-state index is 0.262. The first-order valence-electron chi connectivity index (χ1n) is 5.55. The first-order chi connectivity index (χ1) is 7.91. The summed E-state index contributed by atoms with van der Waals surface area (Å²) in [6, 6.07) is 0. The SMILES string of the molecule is CC(=O)OCCN(C)CN(C)CCOC(C)=O. The molecule has 6 heteroatoms. The fourth-order valence-corrected chi connectivity index (χ4v) is 1.24. The molecular weight excluding hydrogens is 224 g/mol. The average Bonchev–Trinajstić information content (AvgIpc) is 2.15. The third-order valence-corrected chi connectivity index (χ3v) is 2.04. The van der Waals surface area contributed by atoms with Gasteiger partial charge >= 0.3 is 11.9 Å². The van der Waals surface area contributed by atoms with Crippen molar-refractivity contribution in [3.63, 3.8) is 0 Å². The summed E-state index contributed by atoms with van der Waals surface area (Å²) < 4.78 is 9.68. The summed E-state index contributed by atoms with van der Waals surface area (Å²) >= 11 is 0. The second kappa shape index (κ2) is 8.95. The molecule has 0 bridgehead atoms. The Labute approximate surface area is 102 Å². The van der Waals surface area contributed by atoms with Gasteiger partial charge in [-0.05, 0) is 14.1 Å². The van der Waals surface area contributed by atoms with Crippen LogP contribution in [0.25, 0.3) is 0 Å². The maximum atomic E-state index is 10.6. The molecule has 0 radical (unpaired) electrons. The van der Waals surface area contributed by atoms with E-state index in [1.807, 2.05) is 23.9 Å². The van der Waals surface area contributed by atoms with Crippen LogP contribution in [-0.4, -0.2) is 68.8 Å². The highest BCUT2D eigenvalue weighted by molar-refractivity contribution is 5.66. The van der Waals surface area contributed by atoms with Crippen LogP contribution in [0.3, 0.4) is 0 Å². The number of likely N-dealkylation sites (N-methyl/N-ethyl adjacent to an activating group) is 2. The van der Waals surface area contributed by atoms with Gasteiger partial charge in [-0.15, -0.1) is 0 Å². The number of carbonyl (C=O) groups is 2. The highest BCUT2D eigenvalue weighted by atomic mass is 16.5. The maximum Gasteiger partial charge on any atom is 0.302 e. The van der Waals surface area contributed by atoms with Crippen molar-refractivity contribution in [1.82, 2.24) is 9.80 Å². The lowest BCUT2D eigenvalue weighted by molar-refractivity contribution is -0.141. The first kappa shape index (κ1) is 15.9. The lowest BCUT2D eigenvalue weighted by Gasteiger charge is -2.23. The van der Waals surface area contributed by atoms with E-state index >= 15 is 0 Å². The number of hydrogen-bond donors (Lipinski definition) is 0. The van der Waals surface area contributed by atoms with Crippen molar-refractivity contribution < 1.29 is 19.1 Å². The normalized spacial score (nSPS) is 10.7. The number of nitrogens with zero attached hydrogens (tertiary/aromatic N) is 2. The number of esters is 2. The largest absolute Gasteiger partial charge is 0.465 e. The second-order valence-corrected chi connectivity index (χ2v) is 3.98.